The van der Waals surface area contributed by atoms with Crippen LogP contribution < -0.4 is 0 Å². The third-order valence-corrected chi connectivity index (χ3v) is 2.98. The van der Waals surface area contributed by atoms with Crippen molar-refractivity contribution in [3.05, 3.63) is 26.4 Å². The molecule has 0 unspecified atom stereocenters. The van der Waals surface area contributed by atoms with Gasteiger partial charge in [-0.25, -0.2) is 4.79 Å². The maximum Gasteiger partial charge on any atom is 0.348 e. The van der Waals surface area contributed by atoms with E-state index in [1.165, 1.54) is 24.5 Å². The minimum atomic E-state index is -0.614. The second-order valence-electron chi connectivity index (χ2n) is 2.30. The lowest BCUT2D eigenvalue weighted by molar-refractivity contribution is -0.135. The predicted octanol–water partition coefficient (Wildman–Crippen LogP) is 2.59. The van der Waals surface area contributed by atoms with Crippen molar-refractivity contribution in [1.29, 1.82) is 5.26 Å². The van der Waals surface area contributed by atoms with E-state index in [0.717, 1.165) is 8.66 Å². The van der Waals surface area contributed by atoms with Crippen LogP contribution in [0.5, 0.6) is 0 Å². The SMILES string of the molecule is COC(=O)/C(C#N)=C\c1ccc(Br)s1. The van der Waals surface area contributed by atoms with Gasteiger partial charge < -0.3 is 4.74 Å². The monoisotopic (exact) mass is 271 g/mol. The number of methoxy groups -OCH3 is 1. The fourth-order valence-corrected chi connectivity index (χ4v) is 2.16. The van der Waals surface area contributed by atoms with Crippen molar-refractivity contribution in [3.8, 4) is 6.07 Å². The summed E-state index contributed by atoms with van der Waals surface area (Å²) in [5.41, 5.74) is 0.00171. The Bertz CT molecular complexity index is 417. The molecule has 1 rings (SSSR count). The Morgan fingerprint density at radius 1 is 1.71 bits per heavy atom. The number of hydrogen-bond donors (Lipinski definition) is 0. The molecule has 0 spiro atoms. The molecule has 0 aliphatic carbocycles. The average Bonchev–Trinajstić information content (AvgIpc) is 2.59. The molecule has 1 aromatic heterocycles. The first-order chi connectivity index (χ1) is 6.67. The fourth-order valence-electron chi connectivity index (χ4n) is 0.795. The lowest BCUT2D eigenvalue weighted by atomic mass is 10.2. The van der Waals surface area contributed by atoms with Crippen LogP contribution in [0.2, 0.25) is 0 Å². The number of halogens is 1. The molecule has 0 aromatic carbocycles. The Hall–Kier alpha value is -1.12. The van der Waals surface area contributed by atoms with Gasteiger partial charge in [0, 0.05) is 4.88 Å². The molecule has 3 nitrogen and oxygen atoms in total. The molecular weight excluding hydrogens is 266 g/mol. The highest BCUT2D eigenvalue weighted by atomic mass is 79.9. The zero-order valence-corrected chi connectivity index (χ0v) is 9.68. The lowest BCUT2D eigenvalue weighted by Gasteiger charge is -1.93. The van der Waals surface area contributed by atoms with Crippen molar-refractivity contribution in [1.82, 2.24) is 0 Å². The molecule has 1 aromatic rings. The topological polar surface area (TPSA) is 50.1 Å². The molecule has 1 heterocycles. The largest absolute Gasteiger partial charge is 0.465 e. The van der Waals surface area contributed by atoms with Gasteiger partial charge in [0.1, 0.15) is 11.6 Å². The minimum absolute atomic E-state index is 0.00171. The van der Waals surface area contributed by atoms with Crippen LogP contribution >= 0.6 is 27.3 Å². The number of nitrogens with zero attached hydrogens (tertiary/aromatic N) is 1. The first kappa shape index (κ1) is 11.0. The van der Waals surface area contributed by atoms with E-state index in [1.807, 2.05) is 12.1 Å². The van der Waals surface area contributed by atoms with E-state index in [1.54, 1.807) is 6.07 Å². The van der Waals surface area contributed by atoms with E-state index in [2.05, 4.69) is 20.7 Å². The van der Waals surface area contributed by atoms with Crippen LogP contribution in [-0.2, 0) is 9.53 Å². The summed E-state index contributed by atoms with van der Waals surface area (Å²) in [5.74, 6) is -0.614. The van der Waals surface area contributed by atoms with Crippen LogP contribution in [0, 0.1) is 11.3 Å². The van der Waals surface area contributed by atoms with Crippen molar-refractivity contribution in [2.45, 2.75) is 0 Å². The van der Waals surface area contributed by atoms with E-state index in [9.17, 15) is 4.79 Å². The second-order valence-corrected chi connectivity index (χ2v) is 4.80. The minimum Gasteiger partial charge on any atom is -0.465 e. The first-order valence-corrected chi connectivity index (χ1v) is 5.23. The van der Waals surface area contributed by atoms with Gasteiger partial charge in [0.2, 0.25) is 0 Å². The van der Waals surface area contributed by atoms with Crippen LogP contribution in [-0.4, -0.2) is 13.1 Å². The molecule has 72 valence electrons. The number of carbonyl (C=O) groups is 1. The third-order valence-electron chi connectivity index (χ3n) is 1.41. The molecule has 0 amide bonds. The van der Waals surface area contributed by atoms with Gasteiger partial charge in [-0.15, -0.1) is 11.3 Å². The van der Waals surface area contributed by atoms with Crippen molar-refractivity contribution in [2.75, 3.05) is 7.11 Å². The molecule has 0 atom stereocenters. The van der Waals surface area contributed by atoms with Crippen LogP contribution in [0.15, 0.2) is 21.5 Å². The van der Waals surface area contributed by atoms with Crippen molar-refractivity contribution in [2.24, 2.45) is 0 Å². The molecule has 0 bridgehead atoms. The maximum absolute atomic E-state index is 11.0. The molecule has 0 aliphatic rings. The molecule has 14 heavy (non-hydrogen) atoms. The summed E-state index contributed by atoms with van der Waals surface area (Å²) in [6.07, 6.45) is 1.50. The summed E-state index contributed by atoms with van der Waals surface area (Å²) in [4.78, 5) is 11.9. The standard InChI is InChI=1S/C9H6BrNO2S/c1-13-9(12)6(5-11)4-7-2-3-8(10)14-7/h2-4H,1H3/b6-4-. The van der Waals surface area contributed by atoms with Gasteiger partial charge >= 0.3 is 5.97 Å². The summed E-state index contributed by atoms with van der Waals surface area (Å²) in [6.45, 7) is 0. The van der Waals surface area contributed by atoms with Crippen molar-refractivity contribution < 1.29 is 9.53 Å². The summed E-state index contributed by atoms with van der Waals surface area (Å²) >= 11 is 4.73. The van der Waals surface area contributed by atoms with E-state index in [-0.39, 0.29) is 5.57 Å². The molecule has 0 saturated heterocycles. The molecule has 0 fully saturated rings. The van der Waals surface area contributed by atoms with E-state index in [0.29, 0.717) is 0 Å². The molecule has 0 radical (unpaired) electrons. The Balaban J connectivity index is 2.96. The number of nitriles is 1. The van der Waals surface area contributed by atoms with Gasteiger partial charge in [0.05, 0.1) is 10.9 Å². The number of hydrogen-bond acceptors (Lipinski definition) is 4. The number of esters is 1. The van der Waals surface area contributed by atoms with Gasteiger partial charge in [-0.1, -0.05) is 0 Å². The van der Waals surface area contributed by atoms with Crippen LogP contribution in [0.3, 0.4) is 0 Å². The zero-order chi connectivity index (χ0) is 10.6. The fraction of sp³-hybridized carbons (Fsp3) is 0.111. The molecule has 5 heteroatoms. The lowest BCUT2D eigenvalue weighted by Crippen LogP contribution is -2.02. The Labute approximate surface area is 93.7 Å². The van der Waals surface area contributed by atoms with E-state index in [4.69, 9.17) is 5.26 Å². The molecule has 0 saturated carbocycles. The highest BCUT2D eigenvalue weighted by molar-refractivity contribution is 9.11. The van der Waals surface area contributed by atoms with Crippen molar-refractivity contribution >= 4 is 39.3 Å². The Morgan fingerprint density at radius 3 is 2.86 bits per heavy atom. The normalized spacial score (nSPS) is 10.8. The zero-order valence-electron chi connectivity index (χ0n) is 7.28. The summed E-state index contributed by atoms with van der Waals surface area (Å²) in [5, 5.41) is 8.67. The molecule has 0 aliphatic heterocycles. The third kappa shape index (κ3) is 2.69. The second kappa shape index (κ2) is 4.94. The first-order valence-electron chi connectivity index (χ1n) is 3.63. The van der Waals surface area contributed by atoms with Gasteiger partial charge in [-0.3, -0.25) is 0 Å². The van der Waals surface area contributed by atoms with Gasteiger partial charge in [0.25, 0.3) is 0 Å². The van der Waals surface area contributed by atoms with Gasteiger partial charge in [0.15, 0.2) is 0 Å². The average molecular weight is 272 g/mol. The Morgan fingerprint density at radius 2 is 2.43 bits per heavy atom. The number of carbonyl (C=O) groups excluding carboxylic acids is 1. The van der Waals surface area contributed by atoms with E-state index >= 15 is 0 Å². The smallest absolute Gasteiger partial charge is 0.348 e. The van der Waals surface area contributed by atoms with Gasteiger partial charge in [-0.05, 0) is 34.1 Å². The molecule has 0 N–H and O–H groups in total. The maximum atomic E-state index is 11.0. The highest BCUT2D eigenvalue weighted by Gasteiger charge is 2.08. The van der Waals surface area contributed by atoms with Crippen molar-refractivity contribution in [3.63, 3.8) is 0 Å². The van der Waals surface area contributed by atoms with E-state index < -0.39 is 5.97 Å². The summed E-state index contributed by atoms with van der Waals surface area (Å²) < 4.78 is 5.40. The van der Waals surface area contributed by atoms with Crippen LogP contribution in [0.1, 0.15) is 4.88 Å². The van der Waals surface area contributed by atoms with Crippen LogP contribution in [0.4, 0.5) is 0 Å². The molecular formula is C9H6BrNO2S. The summed E-state index contributed by atoms with van der Waals surface area (Å²) in [6, 6.07) is 5.45. The van der Waals surface area contributed by atoms with Gasteiger partial charge in [-0.2, -0.15) is 5.26 Å². The van der Waals surface area contributed by atoms with Crippen LogP contribution in [0.25, 0.3) is 6.08 Å². The Kier molecular flexibility index (Phi) is 3.86. The number of thiophene rings is 1. The quantitative estimate of drug-likeness (QED) is 0.472. The number of rotatable bonds is 2. The highest BCUT2D eigenvalue weighted by Crippen LogP contribution is 2.24. The summed E-state index contributed by atoms with van der Waals surface area (Å²) in [7, 11) is 1.25. The predicted molar refractivity (Wildman–Crippen MR) is 57.6 cm³/mol. The number of ether oxygens (including phenoxy) is 1.